The van der Waals surface area contributed by atoms with Crippen molar-refractivity contribution in [3.05, 3.63) is 33.7 Å². The maximum Gasteiger partial charge on any atom is 0.266 e. The van der Waals surface area contributed by atoms with E-state index in [0.717, 1.165) is 16.7 Å². The van der Waals surface area contributed by atoms with Crippen LogP contribution in [0.15, 0.2) is 17.0 Å². The van der Waals surface area contributed by atoms with Crippen LogP contribution in [-0.2, 0) is 20.4 Å². The molecular formula is C21H29NO3S2. The molecule has 0 atom stereocenters. The summed E-state index contributed by atoms with van der Waals surface area (Å²) >= 11 is 6.66. The molecule has 1 saturated heterocycles. The van der Waals surface area contributed by atoms with Crippen LogP contribution < -0.4 is 0 Å². The Hall–Kier alpha value is -1.37. The second-order valence-electron chi connectivity index (χ2n) is 8.79. The summed E-state index contributed by atoms with van der Waals surface area (Å²) in [4.78, 5) is 14.9. The number of carbonyl (C=O) groups is 1. The van der Waals surface area contributed by atoms with Crippen LogP contribution in [0.2, 0.25) is 0 Å². The maximum atomic E-state index is 12.7. The number of hydrogen-bond acceptors (Lipinski definition) is 5. The second-order valence-corrected chi connectivity index (χ2v) is 10.5. The predicted molar refractivity (Wildman–Crippen MR) is 117 cm³/mol. The van der Waals surface area contributed by atoms with E-state index in [4.69, 9.17) is 17.0 Å². The minimum Gasteiger partial charge on any atom is -0.507 e. The highest BCUT2D eigenvalue weighted by Gasteiger charge is 2.32. The highest BCUT2D eigenvalue weighted by Crippen LogP contribution is 2.41. The van der Waals surface area contributed by atoms with Crippen LogP contribution >= 0.6 is 24.0 Å². The summed E-state index contributed by atoms with van der Waals surface area (Å²) in [6.45, 7) is 13.3. The molecule has 0 radical (unpaired) electrons. The van der Waals surface area contributed by atoms with E-state index in [0.29, 0.717) is 28.1 Å². The van der Waals surface area contributed by atoms with E-state index in [-0.39, 0.29) is 16.7 Å². The number of nitrogens with zero attached hydrogens (tertiary/aromatic N) is 1. The average molecular weight is 408 g/mol. The molecule has 1 fully saturated rings. The number of phenolic OH excluding ortho intramolecular Hbond substituents is 1. The predicted octanol–water partition coefficient (Wildman–Crippen LogP) is 4.83. The minimum atomic E-state index is -0.217. The van der Waals surface area contributed by atoms with Gasteiger partial charge in [0.05, 0.1) is 18.1 Å². The van der Waals surface area contributed by atoms with Crippen molar-refractivity contribution in [2.75, 3.05) is 20.3 Å². The fourth-order valence-electron chi connectivity index (χ4n) is 2.91. The molecule has 1 aliphatic rings. The highest BCUT2D eigenvalue weighted by atomic mass is 32.2. The SMILES string of the molecule is COCCN1C(=O)C(=Cc2cc(C(C)(C)C)c(O)c(C(C)(C)C)c2)SC1=S. The van der Waals surface area contributed by atoms with E-state index in [1.165, 1.54) is 11.8 Å². The van der Waals surface area contributed by atoms with Gasteiger partial charge in [-0.15, -0.1) is 0 Å². The van der Waals surface area contributed by atoms with Crippen molar-refractivity contribution in [1.82, 2.24) is 4.90 Å². The van der Waals surface area contributed by atoms with Crippen LogP contribution in [0.1, 0.15) is 58.2 Å². The normalized spacial score (nSPS) is 17.3. The Morgan fingerprint density at radius 2 is 1.67 bits per heavy atom. The summed E-state index contributed by atoms with van der Waals surface area (Å²) in [5, 5.41) is 10.8. The lowest BCUT2D eigenvalue weighted by atomic mass is 9.78. The molecule has 0 spiro atoms. The van der Waals surface area contributed by atoms with Gasteiger partial charge >= 0.3 is 0 Å². The van der Waals surface area contributed by atoms with Gasteiger partial charge in [0, 0.05) is 18.2 Å². The number of amides is 1. The number of benzene rings is 1. The van der Waals surface area contributed by atoms with Gasteiger partial charge in [0.1, 0.15) is 10.1 Å². The lowest BCUT2D eigenvalue weighted by Gasteiger charge is -2.28. The smallest absolute Gasteiger partial charge is 0.266 e. The molecule has 0 unspecified atom stereocenters. The van der Waals surface area contributed by atoms with E-state index in [9.17, 15) is 9.90 Å². The third-order valence-electron chi connectivity index (χ3n) is 4.44. The van der Waals surface area contributed by atoms with E-state index in [2.05, 4.69) is 41.5 Å². The molecule has 1 N–H and O–H groups in total. The fraction of sp³-hybridized carbons (Fsp3) is 0.524. The van der Waals surface area contributed by atoms with Gasteiger partial charge in [0.25, 0.3) is 5.91 Å². The van der Waals surface area contributed by atoms with Crippen molar-refractivity contribution in [2.45, 2.75) is 52.4 Å². The number of rotatable bonds is 4. The molecule has 1 amide bonds. The monoisotopic (exact) mass is 407 g/mol. The quantitative estimate of drug-likeness (QED) is 0.572. The molecule has 6 heteroatoms. The zero-order valence-electron chi connectivity index (χ0n) is 17.2. The third kappa shape index (κ3) is 4.92. The Balaban J connectivity index is 2.52. The first-order valence-electron chi connectivity index (χ1n) is 8.98. The van der Waals surface area contributed by atoms with Gasteiger partial charge in [-0.25, -0.2) is 0 Å². The van der Waals surface area contributed by atoms with Crippen LogP contribution in [0.4, 0.5) is 0 Å². The van der Waals surface area contributed by atoms with Crippen molar-refractivity contribution in [3.63, 3.8) is 0 Å². The summed E-state index contributed by atoms with van der Waals surface area (Å²) in [6.07, 6.45) is 1.87. The first kappa shape index (κ1) is 21.9. The third-order valence-corrected chi connectivity index (χ3v) is 5.82. The van der Waals surface area contributed by atoms with Crippen molar-refractivity contribution in [3.8, 4) is 5.75 Å². The topological polar surface area (TPSA) is 49.8 Å². The molecule has 1 aromatic carbocycles. The first-order valence-corrected chi connectivity index (χ1v) is 10.2. The van der Waals surface area contributed by atoms with Gasteiger partial charge in [-0.05, 0) is 34.6 Å². The summed E-state index contributed by atoms with van der Waals surface area (Å²) in [5.41, 5.74) is 2.21. The highest BCUT2D eigenvalue weighted by molar-refractivity contribution is 8.26. The Labute approximate surface area is 172 Å². The lowest BCUT2D eigenvalue weighted by molar-refractivity contribution is -0.122. The number of phenols is 1. The van der Waals surface area contributed by atoms with E-state index < -0.39 is 0 Å². The van der Waals surface area contributed by atoms with Crippen molar-refractivity contribution in [2.24, 2.45) is 0 Å². The number of methoxy groups -OCH3 is 1. The lowest BCUT2D eigenvalue weighted by Crippen LogP contribution is -2.31. The van der Waals surface area contributed by atoms with Crippen LogP contribution in [0, 0.1) is 0 Å². The average Bonchev–Trinajstić information content (AvgIpc) is 2.78. The van der Waals surface area contributed by atoms with E-state index in [1.807, 2.05) is 18.2 Å². The zero-order valence-corrected chi connectivity index (χ0v) is 18.8. The Morgan fingerprint density at radius 3 is 2.11 bits per heavy atom. The van der Waals surface area contributed by atoms with Crippen molar-refractivity contribution < 1.29 is 14.6 Å². The van der Waals surface area contributed by atoms with Crippen LogP contribution in [0.5, 0.6) is 5.75 Å². The van der Waals surface area contributed by atoms with Gasteiger partial charge < -0.3 is 9.84 Å². The van der Waals surface area contributed by atoms with Gasteiger partial charge in [-0.3, -0.25) is 9.69 Å². The molecule has 1 heterocycles. The number of ether oxygens (including phenoxy) is 1. The molecule has 148 valence electrons. The summed E-state index contributed by atoms with van der Waals surface area (Å²) in [6, 6.07) is 3.93. The summed E-state index contributed by atoms with van der Waals surface area (Å²) < 4.78 is 5.61. The maximum absolute atomic E-state index is 12.7. The Kier molecular flexibility index (Phi) is 6.44. The minimum absolute atomic E-state index is 0.0928. The molecule has 1 aliphatic heterocycles. The standard InChI is InChI=1S/C21H29NO3S2/c1-20(2,3)14-10-13(11-15(17(14)23)21(4,5)6)12-16-18(24)22(8-9-25-7)19(26)27-16/h10-12,23H,8-9H2,1-7H3. The van der Waals surface area contributed by atoms with Gasteiger partial charge in [-0.2, -0.15) is 0 Å². The van der Waals surface area contributed by atoms with Crippen molar-refractivity contribution in [1.29, 1.82) is 0 Å². The number of carbonyl (C=O) groups excluding carboxylic acids is 1. The van der Waals surface area contributed by atoms with Gasteiger partial charge in [0.2, 0.25) is 0 Å². The van der Waals surface area contributed by atoms with E-state index >= 15 is 0 Å². The molecule has 0 aliphatic carbocycles. The second kappa shape index (κ2) is 7.94. The number of hydrogen-bond donors (Lipinski definition) is 1. The molecule has 4 nitrogen and oxygen atoms in total. The number of thiocarbonyl (C=S) groups is 1. The molecule has 0 saturated carbocycles. The number of aromatic hydroxyl groups is 1. The largest absolute Gasteiger partial charge is 0.507 e. The number of thioether (sulfide) groups is 1. The molecule has 2 rings (SSSR count). The Morgan fingerprint density at radius 1 is 1.15 bits per heavy atom. The van der Waals surface area contributed by atoms with Crippen LogP contribution in [0.3, 0.4) is 0 Å². The molecule has 0 bridgehead atoms. The molecule has 1 aromatic rings. The van der Waals surface area contributed by atoms with Crippen LogP contribution in [0.25, 0.3) is 6.08 Å². The van der Waals surface area contributed by atoms with E-state index in [1.54, 1.807) is 12.0 Å². The molecule has 0 aromatic heterocycles. The summed E-state index contributed by atoms with van der Waals surface area (Å²) in [7, 11) is 1.60. The van der Waals surface area contributed by atoms with Crippen LogP contribution in [-0.4, -0.2) is 40.5 Å². The fourth-order valence-corrected chi connectivity index (χ4v) is 4.22. The zero-order chi connectivity index (χ0) is 20.6. The van der Waals surface area contributed by atoms with Gasteiger partial charge in [-0.1, -0.05) is 65.5 Å². The Bertz CT molecular complexity index is 751. The first-order chi connectivity index (χ1) is 12.4. The molecule has 27 heavy (non-hydrogen) atoms. The van der Waals surface area contributed by atoms with Crippen molar-refractivity contribution >= 4 is 40.3 Å². The molecular weight excluding hydrogens is 378 g/mol. The van der Waals surface area contributed by atoms with Gasteiger partial charge in [0.15, 0.2) is 0 Å². The summed E-state index contributed by atoms with van der Waals surface area (Å²) in [5.74, 6) is 0.240.